The van der Waals surface area contributed by atoms with Crippen molar-refractivity contribution in [2.24, 2.45) is 0 Å². The monoisotopic (exact) mass is 164 g/mol. The number of ether oxygens (including phenoxy) is 1. The molecule has 2 heterocycles. The van der Waals surface area contributed by atoms with Gasteiger partial charge in [0.25, 0.3) is 0 Å². The highest BCUT2D eigenvalue weighted by Crippen LogP contribution is 2.16. The van der Waals surface area contributed by atoms with Crippen molar-refractivity contribution < 1.29 is 4.74 Å². The fraction of sp³-hybridized carbons (Fsp3) is 0.286. The number of H-pyrrole nitrogens is 1. The first kappa shape index (κ1) is 7.02. The van der Waals surface area contributed by atoms with E-state index in [4.69, 9.17) is 4.74 Å². The lowest BCUT2D eigenvalue weighted by molar-refractivity contribution is 0.330. The van der Waals surface area contributed by atoms with Crippen LogP contribution in [0.1, 0.15) is 6.92 Å². The van der Waals surface area contributed by atoms with Gasteiger partial charge in [0, 0.05) is 0 Å². The molecule has 0 saturated heterocycles. The van der Waals surface area contributed by atoms with Gasteiger partial charge in [0.1, 0.15) is 6.33 Å². The van der Waals surface area contributed by atoms with Crippen LogP contribution in [0.25, 0.3) is 11.2 Å². The Morgan fingerprint density at radius 3 is 3.17 bits per heavy atom. The number of fused-ring (bicyclic) bond motifs is 1. The topological polar surface area (TPSA) is 63.7 Å². The van der Waals surface area contributed by atoms with Crippen molar-refractivity contribution in [3.05, 3.63) is 12.7 Å². The Morgan fingerprint density at radius 1 is 1.42 bits per heavy atom. The van der Waals surface area contributed by atoms with Gasteiger partial charge in [-0.15, -0.1) is 0 Å². The Balaban J connectivity index is 2.57. The molecule has 2 aromatic heterocycles. The Labute approximate surface area is 68.8 Å². The van der Waals surface area contributed by atoms with Gasteiger partial charge in [0.2, 0.25) is 5.88 Å². The van der Waals surface area contributed by atoms with Gasteiger partial charge < -0.3 is 9.72 Å². The molecule has 0 bridgehead atoms. The van der Waals surface area contributed by atoms with Crippen LogP contribution < -0.4 is 4.74 Å². The van der Waals surface area contributed by atoms with E-state index in [0.29, 0.717) is 23.7 Å². The summed E-state index contributed by atoms with van der Waals surface area (Å²) in [6, 6.07) is 0. The molecule has 0 saturated carbocycles. The first-order valence-electron chi connectivity index (χ1n) is 3.68. The molecule has 62 valence electrons. The second kappa shape index (κ2) is 2.77. The molecule has 5 heteroatoms. The van der Waals surface area contributed by atoms with Crippen molar-refractivity contribution in [3.63, 3.8) is 0 Å². The Morgan fingerprint density at radius 2 is 2.33 bits per heavy atom. The van der Waals surface area contributed by atoms with Gasteiger partial charge in [-0.05, 0) is 6.92 Å². The van der Waals surface area contributed by atoms with Crippen LogP contribution in [0, 0.1) is 0 Å². The van der Waals surface area contributed by atoms with Gasteiger partial charge in [0.15, 0.2) is 11.2 Å². The molecule has 0 unspecified atom stereocenters. The molecule has 0 aliphatic rings. The van der Waals surface area contributed by atoms with E-state index in [1.54, 1.807) is 6.33 Å². The van der Waals surface area contributed by atoms with Crippen molar-refractivity contribution in [3.8, 4) is 5.88 Å². The van der Waals surface area contributed by atoms with E-state index in [1.807, 2.05) is 6.92 Å². The molecule has 0 aliphatic heterocycles. The van der Waals surface area contributed by atoms with E-state index in [2.05, 4.69) is 19.9 Å². The SMILES string of the molecule is CCOc1ncnc2[nH]cnc12. The molecule has 0 aromatic carbocycles. The quantitative estimate of drug-likeness (QED) is 0.711. The van der Waals surface area contributed by atoms with Gasteiger partial charge in [0.05, 0.1) is 12.9 Å². The van der Waals surface area contributed by atoms with Gasteiger partial charge in [-0.1, -0.05) is 0 Å². The summed E-state index contributed by atoms with van der Waals surface area (Å²) in [6.07, 6.45) is 3.02. The summed E-state index contributed by atoms with van der Waals surface area (Å²) >= 11 is 0. The number of hydrogen-bond donors (Lipinski definition) is 1. The second-order valence-electron chi connectivity index (χ2n) is 2.21. The number of hydrogen-bond acceptors (Lipinski definition) is 4. The highest BCUT2D eigenvalue weighted by Gasteiger charge is 2.04. The minimum absolute atomic E-state index is 0.531. The molecule has 1 N–H and O–H groups in total. The lowest BCUT2D eigenvalue weighted by atomic mass is 10.5. The lowest BCUT2D eigenvalue weighted by Gasteiger charge is -1.99. The highest BCUT2D eigenvalue weighted by atomic mass is 16.5. The van der Waals surface area contributed by atoms with Crippen LogP contribution in [0.4, 0.5) is 0 Å². The van der Waals surface area contributed by atoms with E-state index in [0.717, 1.165) is 0 Å². The molecule has 0 spiro atoms. The van der Waals surface area contributed by atoms with Gasteiger partial charge >= 0.3 is 0 Å². The molecule has 0 atom stereocenters. The van der Waals surface area contributed by atoms with Crippen molar-refractivity contribution >= 4 is 11.2 Å². The summed E-state index contributed by atoms with van der Waals surface area (Å²) in [4.78, 5) is 14.8. The van der Waals surface area contributed by atoms with Crippen LogP contribution in [0.15, 0.2) is 12.7 Å². The molecule has 2 rings (SSSR count). The lowest BCUT2D eigenvalue weighted by Crippen LogP contribution is -1.95. The van der Waals surface area contributed by atoms with E-state index < -0.39 is 0 Å². The molecule has 0 amide bonds. The Hall–Kier alpha value is -1.65. The predicted molar refractivity (Wildman–Crippen MR) is 42.9 cm³/mol. The minimum Gasteiger partial charge on any atom is -0.476 e. The summed E-state index contributed by atoms with van der Waals surface area (Å²) in [6.45, 7) is 2.49. The van der Waals surface area contributed by atoms with Crippen LogP contribution in [-0.4, -0.2) is 26.5 Å². The second-order valence-corrected chi connectivity index (χ2v) is 2.21. The molecule has 0 aliphatic carbocycles. The molecule has 12 heavy (non-hydrogen) atoms. The first-order chi connectivity index (χ1) is 5.92. The van der Waals surface area contributed by atoms with Gasteiger partial charge in [-0.2, -0.15) is 4.98 Å². The standard InChI is InChI=1S/C7H8N4O/c1-2-12-7-5-6(9-3-8-5)10-4-11-7/h3-4H,2H2,1H3,(H,8,9,10,11). The fourth-order valence-electron chi connectivity index (χ4n) is 0.985. The molecule has 2 aromatic rings. The number of aromatic amines is 1. The Kier molecular flexibility index (Phi) is 1.62. The Bertz CT molecular complexity index is 384. The molecular formula is C7H8N4O. The number of nitrogens with zero attached hydrogens (tertiary/aromatic N) is 3. The third kappa shape index (κ3) is 0.990. The van der Waals surface area contributed by atoms with Crippen LogP contribution in [0.2, 0.25) is 0 Å². The number of aromatic nitrogens is 4. The molecule has 0 fully saturated rings. The predicted octanol–water partition coefficient (Wildman–Crippen LogP) is 0.752. The molecule has 0 radical (unpaired) electrons. The summed E-state index contributed by atoms with van der Waals surface area (Å²) in [5.41, 5.74) is 1.38. The normalized spacial score (nSPS) is 10.4. The number of nitrogens with one attached hydrogen (secondary N) is 1. The third-order valence-electron chi connectivity index (χ3n) is 1.46. The first-order valence-corrected chi connectivity index (χ1v) is 3.68. The maximum Gasteiger partial charge on any atom is 0.245 e. The van der Waals surface area contributed by atoms with Crippen molar-refractivity contribution in [2.75, 3.05) is 6.61 Å². The minimum atomic E-state index is 0.531. The van der Waals surface area contributed by atoms with E-state index in [9.17, 15) is 0 Å². The summed E-state index contributed by atoms with van der Waals surface area (Å²) in [5.74, 6) is 0.531. The highest BCUT2D eigenvalue weighted by molar-refractivity contribution is 5.74. The average Bonchev–Trinajstić information content (AvgIpc) is 2.53. The maximum atomic E-state index is 5.24. The van der Waals surface area contributed by atoms with Crippen LogP contribution in [0.3, 0.4) is 0 Å². The van der Waals surface area contributed by atoms with Gasteiger partial charge in [-0.3, -0.25) is 0 Å². The zero-order chi connectivity index (χ0) is 8.39. The van der Waals surface area contributed by atoms with Gasteiger partial charge in [-0.25, -0.2) is 9.97 Å². The van der Waals surface area contributed by atoms with Crippen LogP contribution in [0.5, 0.6) is 5.88 Å². The maximum absolute atomic E-state index is 5.24. The van der Waals surface area contributed by atoms with E-state index >= 15 is 0 Å². The third-order valence-corrected chi connectivity index (χ3v) is 1.46. The number of rotatable bonds is 2. The fourth-order valence-corrected chi connectivity index (χ4v) is 0.985. The average molecular weight is 164 g/mol. The smallest absolute Gasteiger partial charge is 0.245 e. The van der Waals surface area contributed by atoms with Crippen molar-refractivity contribution in [1.29, 1.82) is 0 Å². The molecule has 5 nitrogen and oxygen atoms in total. The zero-order valence-electron chi connectivity index (χ0n) is 6.61. The van der Waals surface area contributed by atoms with Crippen LogP contribution >= 0.6 is 0 Å². The largest absolute Gasteiger partial charge is 0.476 e. The van der Waals surface area contributed by atoms with Crippen LogP contribution in [-0.2, 0) is 0 Å². The van der Waals surface area contributed by atoms with Crippen molar-refractivity contribution in [1.82, 2.24) is 19.9 Å². The number of imidazole rings is 1. The van der Waals surface area contributed by atoms with E-state index in [1.165, 1.54) is 6.33 Å². The van der Waals surface area contributed by atoms with Crippen molar-refractivity contribution in [2.45, 2.75) is 6.92 Å². The summed E-state index contributed by atoms with van der Waals surface area (Å²) in [5, 5.41) is 0. The van der Waals surface area contributed by atoms with E-state index in [-0.39, 0.29) is 0 Å². The summed E-state index contributed by atoms with van der Waals surface area (Å²) in [7, 11) is 0. The zero-order valence-corrected chi connectivity index (χ0v) is 6.61. The molecular weight excluding hydrogens is 156 g/mol. The summed E-state index contributed by atoms with van der Waals surface area (Å²) < 4.78 is 5.24.